The summed E-state index contributed by atoms with van der Waals surface area (Å²) in [5.41, 5.74) is 2.09. The average Bonchev–Trinajstić information content (AvgIpc) is 3.75. The topological polar surface area (TPSA) is 164 Å². The van der Waals surface area contributed by atoms with Crippen molar-refractivity contribution in [2.24, 2.45) is 13.0 Å². The van der Waals surface area contributed by atoms with E-state index in [1.54, 1.807) is 23.2 Å². The fourth-order valence-corrected chi connectivity index (χ4v) is 5.77. The van der Waals surface area contributed by atoms with Crippen LogP contribution >= 0.6 is 11.3 Å². The van der Waals surface area contributed by atoms with Crippen LogP contribution in [0.5, 0.6) is 0 Å². The molecule has 4 bridgehead atoms. The summed E-state index contributed by atoms with van der Waals surface area (Å²) in [6, 6.07) is 9.97. The summed E-state index contributed by atoms with van der Waals surface area (Å²) in [5.74, 6) is -1.74. The first kappa shape index (κ1) is 30.6. The Morgan fingerprint density at radius 1 is 1.09 bits per heavy atom. The highest BCUT2D eigenvalue weighted by atomic mass is 32.1. The summed E-state index contributed by atoms with van der Waals surface area (Å²) in [6.45, 7) is 5.49. The Hall–Kier alpha value is -4.85. The zero-order chi connectivity index (χ0) is 31.4. The van der Waals surface area contributed by atoms with Gasteiger partial charge in [-0.2, -0.15) is 5.10 Å². The van der Waals surface area contributed by atoms with Crippen molar-refractivity contribution in [3.8, 4) is 0 Å². The van der Waals surface area contributed by atoms with E-state index in [1.807, 2.05) is 51.1 Å². The number of carbonyl (C=O) groups excluding carboxylic acids is 4. The van der Waals surface area contributed by atoms with Gasteiger partial charge in [0, 0.05) is 37.6 Å². The maximum absolute atomic E-state index is 13.4. The van der Waals surface area contributed by atoms with Gasteiger partial charge >= 0.3 is 0 Å². The van der Waals surface area contributed by atoms with E-state index in [4.69, 9.17) is 4.42 Å². The largest absolute Gasteiger partial charge is 0.446 e. The van der Waals surface area contributed by atoms with Crippen LogP contribution < -0.4 is 16.0 Å². The molecule has 1 aliphatic heterocycles. The Balaban J connectivity index is 1.47. The van der Waals surface area contributed by atoms with Crippen molar-refractivity contribution in [2.75, 3.05) is 19.6 Å². The Labute approximate surface area is 258 Å². The molecular weight excluding hydrogens is 584 g/mol. The first-order valence-electron chi connectivity index (χ1n) is 14.2. The van der Waals surface area contributed by atoms with Crippen LogP contribution in [0.3, 0.4) is 0 Å². The highest BCUT2D eigenvalue weighted by Crippen LogP contribution is 2.26. The highest BCUT2D eigenvalue weighted by molar-refractivity contribution is 7.09. The molecule has 1 aromatic carbocycles. The molecule has 4 heterocycles. The quantitative estimate of drug-likeness (QED) is 0.314. The predicted molar refractivity (Wildman–Crippen MR) is 161 cm³/mol. The third-order valence-corrected chi connectivity index (χ3v) is 8.19. The molecular formula is C30H34N8O5S. The van der Waals surface area contributed by atoms with Crippen LogP contribution in [0.2, 0.25) is 0 Å². The van der Waals surface area contributed by atoms with Crippen LogP contribution in [-0.2, 0) is 18.3 Å². The van der Waals surface area contributed by atoms with E-state index in [9.17, 15) is 19.2 Å². The molecule has 3 N–H and O–H groups in total. The molecule has 14 heteroatoms. The number of nitrogens with one attached hydrogen (secondary N) is 3. The molecule has 4 amide bonds. The molecule has 0 fully saturated rings. The molecule has 4 aromatic rings. The van der Waals surface area contributed by atoms with E-state index < -0.39 is 35.7 Å². The van der Waals surface area contributed by atoms with Crippen molar-refractivity contribution in [3.05, 3.63) is 87.3 Å². The predicted octanol–water partition coefficient (Wildman–Crippen LogP) is 2.59. The second-order valence-electron chi connectivity index (χ2n) is 10.9. The Kier molecular flexibility index (Phi) is 9.18. The number of aryl methyl sites for hydroxylation is 2. The lowest BCUT2D eigenvalue weighted by molar-refractivity contribution is -0.122. The fraction of sp³-hybridized carbons (Fsp3) is 0.367. The van der Waals surface area contributed by atoms with Gasteiger partial charge in [0.15, 0.2) is 11.4 Å². The van der Waals surface area contributed by atoms with Crippen molar-refractivity contribution in [3.63, 3.8) is 0 Å². The van der Waals surface area contributed by atoms with Gasteiger partial charge in [0.2, 0.25) is 11.8 Å². The second kappa shape index (κ2) is 13.2. The molecule has 5 rings (SSSR count). The van der Waals surface area contributed by atoms with Crippen LogP contribution in [0.1, 0.15) is 79.6 Å². The van der Waals surface area contributed by atoms with E-state index in [2.05, 4.69) is 31.0 Å². The number of hydrogen-bond donors (Lipinski definition) is 3. The van der Waals surface area contributed by atoms with Gasteiger partial charge < -0.3 is 25.3 Å². The number of benzene rings is 1. The van der Waals surface area contributed by atoms with Gasteiger partial charge in [-0.15, -0.1) is 11.3 Å². The van der Waals surface area contributed by atoms with Crippen molar-refractivity contribution < 1.29 is 23.6 Å². The van der Waals surface area contributed by atoms with Gasteiger partial charge in [-0.1, -0.05) is 44.2 Å². The average molecular weight is 619 g/mol. The van der Waals surface area contributed by atoms with Crippen molar-refractivity contribution in [1.82, 2.24) is 40.6 Å². The number of nitrogens with zero attached hydrogens (tertiary/aromatic N) is 5. The maximum atomic E-state index is 13.4. The van der Waals surface area contributed by atoms with E-state index in [1.165, 1.54) is 22.5 Å². The minimum Gasteiger partial charge on any atom is -0.446 e. The van der Waals surface area contributed by atoms with Gasteiger partial charge in [-0.3, -0.25) is 23.9 Å². The van der Waals surface area contributed by atoms with Gasteiger partial charge in [0.25, 0.3) is 17.7 Å². The number of amides is 4. The molecule has 1 aliphatic rings. The van der Waals surface area contributed by atoms with Crippen molar-refractivity contribution >= 4 is 35.0 Å². The zero-order valence-corrected chi connectivity index (χ0v) is 25.7. The van der Waals surface area contributed by atoms with Crippen LogP contribution in [0.4, 0.5) is 0 Å². The molecule has 0 saturated carbocycles. The monoisotopic (exact) mass is 618 g/mol. The molecule has 0 spiro atoms. The standard InChI is InChI=1S/C30H34N8O5S/c1-17(2)25-29-34-23(16-44-29)27(41)32-20(13-19-8-6-5-7-9-19)28-33-22(15-43-28)26(40)31-10-11-38(14-24(39)35-25)30(42)21-12-18(3)37(4)36-21/h5-9,12,15-17,20,25H,10-11,13-14H2,1-4H3,(H,31,40)(H,32,41)(H,35,39)/t20-,25-/m0/s1. The van der Waals surface area contributed by atoms with Gasteiger partial charge in [-0.25, -0.2) is 9.97 Å². The molecule has 2 atom stereocenters. The molecule has 44 heavy (non-hydrogen) atoms. The zero-order valence-electron chi connectivity index (χ0n) is 24.9. The first-order valence-corrected chi connectivity index (χ1v) is 15.1. The molecule has 13 nitrogen and oxygen atoms in total. The fourth-order valence-electron chi connectivity index (χ4n) is 4.75. The van der Waals surface area contributed by atoms with Crippen LogP contribution in [0, 0.1) is 12.8 Å². The minimum atomic E-state index is -0.689. The molecule has 230 valence electrons. The smallest absolute Gasteiger partial charge is 0.274 e. The van der Waals surface area contributed by atoms with Crippen LogP contribution in [0.25, 0.3) is 0 Å². The number of oxazole rings is 1. The second-order valence-corrected chi connectivity index (χ2v) is 11.8. The molecule has 0 saturated heterocycles. The van der Waals surface area contributed by atoms with Crippen molar-refractivity contribution in [2.45, 2.75) is 39.3 Å². The van der Waals surface area contributed by atoms with Crippen molar-refractivity contribution in [1.29, 1.82) is 0 Å². The first-order chi connectivity index (χ1) is 21.1. The van der Waals surface area contributed by atoms with E-state index in [-0.39, 0.29) is 48.5 Å². The molecule has 0 aliphatic carbocycles. The van der Waals surface area contributed by atoms with E-state index in [0.717, 1.165) is 11.3 Å². The number of rotatable bonds is 4. The summed E-state index contributed by atoms with van der Waals surface area (Å²) in [6.07, 6.45) is 1.59. The third kappa shape index (κ3) is 7.02. The Bertz CT molecular complexity index is 1640. The Morgan fingerprint density at radius 3 is 2.57 bits per heavy atom. The highest BCUT2D eigenvalue weighted by Gasteiger charge is 2.29. The van der Waals surface area contributed by atoms with Crippen LogP contribution in [-0.4, -0.2) is 67.9 Å². The lowest BCUT2D eigenvalue weighted by Gasteiger charge is -2.25. The lowest BCUT2D eigenvalue weighted by atomic mass is 10.0. The number of carbonyl (C=O) groups is 4. The van der Waals surface area contributed by atoms with E-state index in [0.29, 0.717) is 11.4 Å². The number of thiazole rings is 1. The summed E-state index contributed by atoms with van der Waals surface area (Å²) < 4.78 is 7.26. The number of fused-ring (bicyclic) bond motifs is 4. The molecule has 0 unspecified atom stereocenters. The maximum Gasteiger partial charge on any atom is 0.274 e. The summed E-state index contributed by atoms with van der Waals surface area (Å²) in [7, 11) is 1.73. The van der Waals surface area contributed by atoms with Gasteiger partial charge in [0.1, 0.15) is 23.0 Å². The Morgan fingerprint density at radius 2 is 1.86 bits per heavy atom. The van der Waals surface area contributed by atoms with Gasteiger partial charge in [-0.05, 0) is 24.5 Å². The van der Waals surface area contributed by atoms with E-state index >= 15 is 0 Å². The summed E-state index contributed by atoms with van der Waals surface area (Å²) in [4.78, 5) is 63.4. The lowest BCUT2D eigenvalue weighted by Crippen LogP contribution is -2.45. The SMILES string of the molecule is Cc1cc(C(=O)N2CCNC(=O)c3coc(n3)[C@H](Cc3ccccc3)NC(=O)c3csc(n3)[C@H](C(C)C)NC(=O)C2)nn1C. The summed E-state index contributed by atoms with van der Waals surface area (Å²) >= 11 is 1.26. The molecule has 3 aromatic heterocycles. The summed E-state index contributed by atoms with van der Waals surface area (Å²) in [5, 5.41) is 15.1. The number of aromatic nitrogens is 4. The normalized spacial score (nSPS) is 18.3. The third-order valence-electron chi connectivity index (χ3n) is 7.27. The number of hydrogen-bond acceptors (Lipinski definition) is 9. The minimum absolute atomic E-state index is 0.0140. The van der Waals surface area contributed by atoms with Crippen LogP contribution in [0.15, 0.2) is 52.5 Å². The molecule has 0 radical (unpaired) electrons. The van der Waals surface area contributed by atoms with Gasteiger partial charge in [0.05, 0.1) is 12.6 Å².